The smallest absolute Gasteiger partial charge is 0.466 e. The first-order valence-electron chi connectivity index (χ1n) is 15.0. The Labute approximate surface area is 259 Å². The summed E-state index contributed by atoms with van der Waals surface area (Å²) in [7, 11) is -5.94. The molecule has 1 spiro atoms. The predicted octanol–water partition coefficient (Wildman–Crippen LogP) is 5.55. The number of carbonyl (C=O) groups excluding carboxylic acids is 1. The molecule has 1 aliphatic carbocycles. The topological polar surface area (TPSA) is 97.7 Å². The average molecular weight is 654 g/mol. The Morgan fingerprint density at radius 3 is 2.38 bits per heavy atom. The molecule has 244 valence electrons. The van der Waals surface area contributed by atoms with Gasteiger partial charge in [-0.3, -0.25) is 9.69 Å². The Morgan fingerprint density at radius 2 is 1.78 bits per heavy atom. The van der Waals surface area contributed by atoms with E-state index < -0.39 is 38.2 Å². The molecule has 0 N–H and O–H groups in total. The number of carbonyl (C=O) groups is 1. The Balaban J connectivity index is 1.17. The second-order valence-corrected chi connectivity index (χ2v) is 14.2. The number of esters is 1. The molecule has 14 heteroatoms. The van der Waals surface area contributed by atoms with Gasteiger partial charge in [-0.15, -0.1) is 0 Å². The first-order valence-corrected chi connectivity index (χ1v) is 16.4. The van der Waals surface area contributed by atoms with Crippen molar-refractivity contribution in [3.05, 3.63) is 53.3 Å². The summed E-state index contributed by atoms with van der Waals surface area (Å²) in [5, 5.41) is 4.34. The number of oxime groups is 1. The molecule has 0 radical (unpaired) electrons. The molecule has 2 aromatic carbocycles. The molecule has 0 bridgehead atoms. The van der Waals surface area contributed by atoms with Crippen molar-refractivity contribution < 1.29 is 44.5 Å². The van der Waals surface area contributed by atoms with E-state index in [-0.39, 0.29) is 18.4 Å². The number of alkyl halides is 3. The third-order valence-electron chi connectivity index (χ3n) is 9.13. The summed E-state index contributed by atoms with van der Waals surface area (Å²) in [5.41, 5.74) is -4.53. The summed E-state index contributed by atoms with van der Waals surface area (Å²) in [6, 6.07) is 8.54. The normalized spacial score (nSPS) is 21.2. The Bertz CT molecular complexity index is 1590. The first-order chi connectivity index (χ1) is 21.2. The lowest BCUT2D eigenvalue weighted by Gasteiger charge is -2.46. The summed E-state index contributed by atoms with van der Waals surface area (Å²) in [5.74, 6) is -0.130. The number of hydrogen-bond acceptors (Lipinski definition) is 9. The van der Waals surface area contributed by atoms with Gasteiger partial charge in [-0.05, 0) is 86.4 Å². The minimum Gasteiger partial charge on any atom is -0.466 e. The van der Waals surface area contributed by atoms with Gasteiger partial charge >= 0.3 is 21.6 Å². The molecule has 3 fully saturated rings. The van der Waals surface area contributed by atoms with Crippen LogP contribution < -0.4 is 4.18 Å². The number of benzene rings is 2. The fourth-order valence-corrected chi connectivity index (χ4v) is 6.84. The molecular weight excluding hydrogens is 618 g/mol. The van der Waals surface area contributed by atoms with Gasteiger partial charge in [0.15, 0.2) is 5.60 Å². The first kappa shape index (κ1) is 31.6. The van der Waals surface area contributed by atoms with Gasteiger partial charge in [0.2, 0.25) is 0 Å². The number of piperidine rings is 1. The monoisotopic (exact) mass is 653 g/mol. The highest BCUT2D eigenvalue weighted by atomic mass is 32.2. The van der Waals surface area contributed by atoms with E-state index in [0.717, 1.165) is 24.2 Å². The summed E-state index contributed by atoms with van der Waals surface area (Å²) in [6.45, 7) is 6.30. The van der Waals surface area contributed by atoms with Crippen LogP contribution in [0.25, 0.3) is 11.1 Å². The summed E-state index contributed by atoms with van der Waals surface area (Å²) >= 11 is 0. The Morgan fingerprint density at radius 1 is 1.11 bits per heavy atom. The molecule has 2 aromatic rings. The minimum atomic E-state index is -5.94. The Hall–Kier alpha value is -3.39. The molecule has 45 heavy (non-hydrogen) atoms. The van der Waals surface area contributed by atoms with Gasteiger partial charge in [-0.1, -0.05) is 17.3 Å². The molecule has 0 amide bonds. The zero-order valence-electron chi connectivity index (χ0n) is 25.0. The number of halogens is 4. The van der Waals surface area contributed by atoms with Crippen LogP contribution in [0.15, 0.2) is 41.6 Å². The summed E-state index contributed by atoms with van der Waals surface area (Å²) in [6.07, 6.45) is 3.56. The number of amidine groups is 1. The van der Waals surface area contributed by atoms with E-state index in [1.165, 1.54) is 30.3 Å². The van der Waals surface area contributed by atoms with E-state index in [4.69, 9.17) is 13.8 Å². The lowest BCUT2D eigenvalue weighted by molar-refractivity contribution is -0.156. The van der Waals surface area contributed by atoms with Crippen LogP contribution >= 0.6 is 0 Å². The SMILES string of the molecule is CCOC(=O)C1(C)CCN(C2=NOC3(C2)CN(Cc2cc(C4CC4)c(-c4ccc(F)cc4)cc2OS(=O)(=O)C(F)(F)F)C3)CC1. The van der Waals surface area contributed by atoms with E-state index in [0.29, 0.717) is 68.7 Å². The number of hydrogen-bond donors (Lipinski definition) is 0. The second-order valence-electron chi connectivity index (χ2n) is 12.7. The third-order valence-corrected chi connectivity index (χ3v) is 10.1. The fraction of sp³-hybridized carbons (Fsp3) is 0.548. The van der Waals surface area contributed by atoms with Crippen molar-refractivity contribution in [3.63, 3.8) is 0 Å². The van der Waals surface area contributed by atoms with E-state index in [9.17, 15) is 30.8 Å². The largest absolute Gasteiger partial charge is 0.534 e. The van der Waals surface area contributed by atoms with Crippen LogP contribution in [0.3, 0.4) is 0 Å². The molecule has 6 rings (SSSR count). The van der Waals surface area contributed by atoms with Gasteiger partial charge in [-0.2, -0.15) is 21.6 Å². The van der Waals surface area contributed by atoms with E-state index in [1.54, 1.807) is 13.0 Å². The number of nitrogens with zero attached hydrogens (tertiary/aromatic N) is 3. The molecule has 0 aromatic heterocycles. The molecule has 3 aliphatic heterocycles. The minimum absolute atomic E-state index is 0.133. The summed E-state index contributed by atoms with van der Waals surface area (Å²) in [4.78, 5) is 22.3. The highest BCUT2D eigenvalue weighted by Crippen LogP contribution is 2.48. The van der Waals surface area contributed by atoms with Crippen molar-refractivity contribution in [2.24, 2.45) is 10.6 Å². The van der Waals surface area contributed by atoms with E-state index >= 15 is 0 Å². The molecular formula is C31H35F4N3O6S. The van der Waals surface area contributed by atoms with Gasteiger partial charge in [0.1, 0.15) is 17.4 Å². The van der Waals surface area contributed by atoms with E-state index in [1.807, 2.05) is 11.8 Å². The molecule has 9 nitrogen and oxygen atoms in total. The predicted molar refractivity (Wildman–Crippen MR) is 156 cm³/mol. The Kier molecular flexibility index (Phi) is 8.03. The van der Waals surface area contributed by atoms with Crippen LogP contribution in [0.4, 0.5) is 17.6 Å². The standard InChI is InChI=1S/C31H35F4N3O6S/c1-3-42-28(39)29(2)10-12-38(13-11-29)27-16-30(44-36-27)18-37(19-30)17-22-14-24(20-4-5-20)25(21-6-8-23(32)9-7-21)15-26(22)43-45(40,41)31(33,34)35/h6-9,14-15,20H,3-5,10-13,16-19H2,1-2H3. The van der Waals surface area contributed by atoms with Crippen LogP contribution in [0.2, 0.25) is 0 Å². The van der Waals surface area contributed by atoms with Crippen LogP contribution in [-0.4, -0.2) is 73.9 Å². The van der Waals surface area contributed by atoms with Gasteiger partial charge in [0.05, 0.1) is 18.4 Å². The van der Waals surface area contributed by atoms with Crippen molar-refractivity contribution in [2.45, 2.75) is 69.5 Å². The second kappa shape index (κ2) is 11.4. The van der Waals surface area contributed by atoms with Crippen molar-refractivity contribution in [3.8, 4) is 16.9 Å². The van der Waals surface area contributed by atoms with Crippen molar-refractivity contribution >= 4 is 21.9 Å². The highest BCUT2D eigenvalue weighted by molar-refractivity contribution is 7.88. The van der Waals surface area contributed by atoms with Crippen LogP contribution in [0.5, 0.6) is 5.75 Å². The van der Waals surface area contributed by atoms with Crippen LogP contribution in [-0.2, 0) is 31.0 Å². The van der Waals surface area contributed by atoms with Crippen molar-refractivity contribution in [2.75, 3.05) is 32.8 Å². The van der Waals surface area contributed by atoms with Gasteiger partial charge in [-0.25, -0.2) is 4.39 Å². The average Bonchev–Trinajstić information content (AvgIpc) is 3.72. The molecule has 1 saturated carbocycles. The van der Waals surface area contributed by atoms with Crippen molar-refractivity contribution in [1.29, 1.82) is 0 Å². The number of likely N-dealkylation sites (tertiary alicyclic amines) is 2. The summed E-state index contributed by atoms with van der Waals surface area (Å²) < 4.78 is 87.9. The lowest BCUT2D eigenvalue weighted by Crippen LogP contribution is -2.61. The van der Waals surface area contributed by atoms with Gasteiger partial charge in [0.25, 0.3) is 0 Å². The van der Waals surface area contributed by atoms with E-state index in [2.05, 4.69) is 10.1 Å². The quantitative estimate of drug-likeness (QED) is 0.158. The lowest BCUT2D eigenvalue weighted by atomic mass is 9.80. The van der Waals surface area contributed by atoms with Gasteiger partial charge in [0, 0.05) is 38.3 Å². The van der Waals surface area contributed by atoms with Crippen molar-refractivity contribution in [1.82, 2.24) is 9.80 Å². The molecule has 0 unspecified atom stereocenters. The number of rotatable bonds is 8. The maximum atomic E-state index is 13.6. The maximum Gasteiger partial charge on any atom is 0.534 e. The number of ether oxygens (including phenoxy) is 1. The van der Waals surface area contributed by atoms with Crippen LogP contribution in [0, 0.1) is 11.2 Å². The molecule has 3 heterocycles. The van der Waals surface area contributed by atoms with Gasteiger partial charge < -0.3 is 18.7 Å². The van der Waals surface area contributed by atoms with Crippen LogP contribution in [0.1, 0.15) is 63.0 Å². The highest BCUT2D eigenvalue weighted by Gasteiger charge is 2.52. The third kappa shape index (κ3) is 6.35. The molecule has 4 aliphatic rings. The fourth-order valence-electron chi connectivity index (χ4n) is 6.35. The zero-order chi connectivity index (χ0) is 32.2. The zero-order valence-corrected chi connectivity index (χ0v) is 25.8. The molecule has 0 atom stereocenters. The molecule has 2 saturated heterocycles. The maximum absolute atomic E-state index is 13.6.